The monoisotopic (exact) mass is 279 g/mol. The zero-order valence-corrected chi connectivity index (χ0v) is 11.6. The summed E-state index contributed by atoms with van der Waals surface area (Å²) in [5.74, 6) is -1.50. The summed E-state index contributed by atoms with van der Waals surface area (Å²) in [7, 11) is 0. The van der Waals surface area contributed by atoms with Gasteiger partial charge in [-0.3, -0.25) is 24.4 Å². The van der Waals surface area contributed by atoms with E-state index in [1.165, 1.54) is 15.8 Å². The van der Waals surface area contributed by atoms with Crippen LogP contribution < -0.4 is 11.1 Å². The molecule has 1 saturated heterocycles. The molecule has 0 radical (unpaired) electrons. The van der Waals surface area contributed by atoms with E-state index in [-0.39, 0.29) is 17.9 Å². The van der Waals surface area contributed by atoms with E-state index < -0.39 is 23.3 Å². The van der Waals surface area contributed by atoms with E-state index in [0.717, 1.165) is 0 Å². The zero-order valence-electron chi connectivity index (χ0n) is 11.6. The fourth-order valence-corrected chi connectivity index (χ4v) is 2.11. The van der Waals surface area contributed by atoms with Crippen LogP contribution in [-0.4, -0.2) is 44.5 Å². The van der Waals surface area contributed by atoms with Gasteiger partial charge in [-0.25, -0.2) is 0 Å². The van der Waals surface area contributed by atoms with Gasteiger partial charge in [0.2, 0.25) is 5.91 Å². The highest BCUT2D eigenvalue weighted by Crippen LogP contribution is 2.23. The number of nitrogens with two attached hydrogens (primary N) is 1. The molecule has 2 heterocycles. The van der Waals surface area contributed by atoms with Gasteiger partial charge in [-0.15, -0.1) is 0 Å². The molecule has 8 nitrogen and oxygen atoms in total. The van der Waals surface area contributed by atoms with E-state index in [4.69, 9.17) is 5.73 Å². The molecule has 3 amide bonds. The van der Waals surface area contributed by atoms with Gasteiger partial charge in [-0.2, -0.15) is 5.10 Å². The molecule has 0 spiro atoms. The fraction of sp³-hybridized carbons (Fsp3) is 0.500. The molecule has 1 aromatic rings. The Bertz CT molecular complexity index is 590. The van der Waals surface area contributed by atoms with Crippen molar-refractivity contribution in [2.75, 3.05) is 12.3 Å². The van der Waals surface area contributed by atoms with Gasteiger partial charge < -0.3 is 10.6 Å². The number of hydrogen-bond acceptors (Lipinski definition) is 5. The van der Waals surface area contributed by atoms with Crippen molar-refractivity contribution >= 4 is 23.4 Å². The number of hydrogen-bond donors (Lipinski definition) is 2. The Kier molecular flexibility index (Phi) is 3.24. The predicted molar refractivity (Wildman–Crippen MR) is 70.6 cm³/mol. The number of aromatic nitrogens is 2. The van der Waals surface area contributed by atoms with Crippen LogP contribution in [0.1, 0.15) is 31.3 Å². The van der Waals surface area contributed by atoms with Gasteiger partial charge in [0, 0.05) is 6.54 Å². The highest BCUT2D eigenvalue weighted by molar-refractivity contribution is 6.09. The lowest BCUT2D eigenvalue weighted by molar-refractivity contribution is -0.143. The van der Waals surface area contributed by atoms with E-state index in [2.05, 4.69) is 10.4 Å². The van der Waals surface area contributed by atoms with Gasteiger partial charge in [0.1, 0.15) is 17.8 Å². The molecule has 0 atom stereocenters. The lowest BCUT2D eigenvalue weighted by Gasteiger charge is -2.40. The number of rotatable bonds is 2. The summed E-state index contributed by atoms with van der Waals surface area (Å²) in [6, 6.07) is 0. The second-order valence-corrected chi connectivity index (χ2v) is 5.09. The molecule has 1 aliphatic heterocycles. The summed E-state index contributed by atoms with van der Waals surface area (Å²) in [4.78, 5) is 37.2. The van der Waals surface area contributed by atoms with Crippen LogP contribution in [0.15, 0.2) is 6.20 Å². The van der Waals surface area contributed by atoms with Crippen LogP contribution in [-0.2, 0) is 16.1 Å². The molecule has 2 rings (SSSR count). The molecule has 1 aromatic heterocycles. The minimum absolute atomic E-state index is 0.189. The first-order chi connectivity index (χ1) is 9.28. The first-order valence-electron chi connectivity index (χ1n) is 6.26. The second-order valence-electron chi connectivity index (χ2n) is 5.09. The van der Waals surface area contributed by atoms with Crippen LogP contribution in [0.5, 0.6) is 0 Å². The molecule has 0 aliphatic carbocycles. The zero-order chi connectivity index (χ0) is 15.1. The predicted octanol–water partition coefficient (Wildman–Crippen LogP) is -0.638. The number of aryl methyl sites for hydroxylation is 1. The average molecular weight is 279 g/mol. The summed E-state index contributed by atoms with van der Waals surface area (Å²) in [6.45, 7) is 5.26. The topological polar surface area (TPSA) is 110 Å². The number of amides is 3. The van der Waals surface area contributed by atoms with Crippen molar-refractivity contribution in [3.63, 3.8) is 0 Å². The Morgan fingerprint density at radius 2 is 2.15 bits per heavy atom. The molecule has 3 N–H and O–H groups in total. The maximum Gasteiger partial charge on any atom is 0.275 e. The van der Waals surface area contributed by atoms with Gasteiger partial charge in [0.05, 0.1) is 11.9 Å². The van der Waals surface area contributed by atoms with Gasteiger partial charge >= 0.3 is 0 Å². The standard InChI is InChI=1S/C12H17N5O3/c1-4-17-9(7(13)5-14-17)10(19)16-6-8(18)15-11(20)12(16,2)3/h5H,4,6,13H2,1-3H3,(H,15,18,20). The largest absolute Gasteiger partial charge is 0.396 e. The van der Waals surface area contributed by atoms with Crippen LogP contribution >= 0.6 is 0 Å². The highest BCUT2D eigenvalue weighted by atomic mass is 16.2. The Morgan fingerprint density at radius 3 is 2.75 bits per heavy atom. The maximum absolute atomic E-state index is 12.6. The van der Waals surface area contributed by atoms with E-state index in [0.29, 0.717) is 6.54 Å². The van der Waals surface area contributed by atoms with Crippen molar-refractivity contribution < 1.29 is 14.4 Å². The number of carbonyl (C=O) groups is 3. The Morgan fingerprint density at radius 1 is 1.50 bits per heavy atom. The number of nitrogens with zero attached hydrogens (tertiary/aromatic N) is 3. The lowest BCUT2D eigenvalue weighted by atomic mass is 9.98. The second kappa shape index (κ2) is 4.62. The molecule has 0 unspecified atom stereocenters. The van der Waals surface area contributed by atoms with Crippen molar-refractivity contribution in [3.8, 4) is 0 Å². The smallest absolute Gasteiger partial charge is 0.275 e. The Hall–Kier alpha value is -2.38. The third-order valence-electron chi connectivity index (χ3n) is 3.40. The quantitative estimate of drug-likeness (QED) is 0.700. The number of piperazine rings is 1. The molecule has 8 heteroatoms. The molecule has 0 saturated carbocycles. The van der Waals surface area contributed by atoms with Crippen molar-refractivity contribution in [2.24, 2.45) is 0 Å². The van der Waals surface area contributed by atoms with Crippen molar-refractivity contribution in [2.45, 2.75) is 32.9 Å². The molecular weight excluding hydrogens is 262 g/mol. The minimum Gasteiger partial charge on any atom is -0.396 e. The number of nitrogens with one attached hydrogen (secondary N) is 1. The maximum atomic E-state index is 12.6. The third kappa shape index (κ3) is 2.02. The van der Waals surface area contributed by atoms with Crippen LogP contribution in [0.3, 0.4) is 0 Å². The molecule has 0 aromatic carbocycles. The van der Waals surface area contributed by atoms with Crippen molar-refractivity contribution in [1.29, 1.82) is 0 Å². The molecule has 20 heavy (non-hydrogen) atoms. The van der Waals surface area contributed by atoms with Crippen molar-refractivity contribution in [1.82, 2.24) is 20.0 Å². The van der Waals surface area contributed by atoms with Gasteiger partial charge in [0.25, 0.3) is 11.8 Å². The van der Waals surface area contributed by atoms with E-state index >= 15 is 0 Å². The summed E-state index contributed by atoms with van der Waals surface area (Å²) >= 11 is 0. The highest BCUT2D eigenvalue weighted by Gasteiger charge is 2.44. The molecule has 108 valence electrons. The summed E-state index contributed by atoms with van der Waals surface area (Å²) < 4.78 is 1.45. The molecule has 0 bridgehead atoms. The SMILES string of the molecule is CCn1ncc(N)c1C(=O)N1CC(=O)NC(=O)C1(C)C. The van der Waals surface area contributed by atoms with Crippen LogP contribution in [0.4, 0.5) is 5.69 Å². The van der Waals surface area contributed by atoms with Gasteiger partial charge in [-0.1, -0.05) is 0 Å². The minimum atomic E-state index is -1.12. The van der Waals surface area contributed by atoms with E-state index in [1.807, 2.05) is 6.92 Å². The first-order valence-corrected chi connectivity index (χ1v) is 6.26. The fourth-order valence-electron chi connectivity index (χ4n) is 2.11. The average Bonchev–Trinajstić information content (AvgIpc) is 2.74. The Labute approximate surface area is 115 Å². The lowest BCUT2D eigenvalue weighted by Crippen LogP contribution is -2.65. The number of imide groups is 1. The van der Waals surface area contributed by atoms with Gasteiger partial charge in [-0.05, 0) is 20.8 Å². The van der Waals surface area contributed by atoms with Gasteiger partial charge in [0.15, 0.2) is 0 Å². The molecular formula is C12H17N5O3. The summed E-state index contributed by atoms with van der Waals surface area (Å²) in [6.07, 6.45) is 1.38. The Balaban J connectivity index is 2.43. The molecule has 1 fully saturated rings. The summed E-state index contributed by atoms with van der Waals surface area (Å²) in [5.41, 5.74) is 5.07. The molecule has 1 aliphatic rings. The van der Waals surface area contributed by atoms with Crippen LogP contribution in [0, 0.1) is 0 Å². The normalized spacial score (nSPS) is 18.1. The van der Waals surface area contributed by atoms with E-state index in [9.17, 15) is 14.4 Å². The van der Waals surface area contributed by atoms with E-state index in [1.54, 1.807) is 13.8 Å². The number of nitrogen functional groups attached to an aromatic ring is 1. The van der Waals surface area contributed by atoms with Crippen LogP contribution in [0.2, 0.25) is 0 Å². The summed E-state index contributed by atoms with van der Waals surface area (Å²) in [5, 5.41) is 6.21. The number of carbonyl (C=O) groups excluding carboxylic acids is 3. The number of anilines is 1. The first kappa shape index (κ1) is 14.0. The third-order valence-corrected chi connectivity index (χ3v) is 3.40. The van der Waals surface area contributed by atoms with Crippen molar-refractivity contribution in [3.05, 3.63) is 11.9 Å². The van der Waals surface area contributed by atoms with Crippen LogP contribution in [0.25, 0.3) is 0 Å².